The molecule has 9 heteroatoms. The van der Waals surface area contributed by atoms with E-state index in [0.717, 1.165) is 28.8 Å². The molecule has 0 aliphatic carbocycles. The van der Waals surface area contributed by atoms with Crippen LogP contribution in [0.3, 0.4) is 0 Å². The molecule has 0 bridgehead atoms. The molecule has 3 aromatic rings. The summed E-state index contributed by atoms with van der Waals surface area (Å²) < 4.78 is 33.4. The Kier molecular flexibility index (Phi) is 6.03. The quantitative estimate of drug-likeness (QED) is 0.531. The van der Waals surface area contributed by atoms with Gasteiger partial charge in [-0.25, -0.2) is 13.4 Å². The van der Waals surface area contributed by atoms with E-state index in [1.165, 1.54) is 21.7 Å². The lowest BCUT2D eigenvalue weighted by Gasteiger charge is -2.15. The van der Waals surface area contributed by atoms with Crippen LogP contribution in [0.4, 0.5) is 5.13 Å². The number of fused-ring (bicyclic) bond motifs is 1. The van der Waals surface area contributed by atoms with Crippen LogP contribution >= 0.6 is 11.3 Å². The van der Waals surface area contributed by atoms with Crippen molar-refractivity contribution in [3.05, 3.63) is 48.0 Å². The van der Waals surface area contributed by atoms with Gasteiger partial charge in [0.15, 0.2) is 10.9 Å². The average molecular weight is 446 g/mol. The van der Waals surface area contributed by atoms with Crippen LogP contribution in [0.25, 0.3) is 10.2 Å². The molecule has 2 heterocycles. The first kappa shape index (κ1) is 20.8. The summed E-state index contributed by atoms with van der Waals surface area (Å²) in [6, 6.07) is 11.9. The third kappa shape index (κ3) is 4.33. The van der Waals surface area contributed by atoms with E-state index in [0.29, 0.717) is 30.4 Å². The molecular formula is C21H23N3O4S2. The third-order valence-corrected chi connectivity index (χ3v) is 7.80. The molecule has 1 aliphatic rings. The number of ketones is 1. The van der Waals surface area contributed by atoms with E-state index in [9.17, 15) is 13.2 Å². The monoisotopic (exact) mass is 445 g/mol. The zero-order chi connectivity index (χ0) is 21.1. The minimum atomic E-state index is -3.55. The van der Waals surface area contributed by atoms with Gasteiger partial charge in [0.2, 0.25) is 10.0 Å². The number of nitrogens with one attached hydrogen (secondary N) is 1. The van der Waals surface area contributed by atoms with Crippen molar-refractivity contribution in [3.63, 3.8) is 0 Å². The van der Waals surface area contributed by atoms with Gasteiger partial charge in [0.1, 0.15) is 5.75 Å². The minimum absolute atomic E-state index is 0.0331. The summed E-state index contributed by atoms with van der Waals surface area (Å²) in [4.78, 5) is 17.3. The maximum atomic E-state index is 12.7. The number of carbonyl (C=O) groups is 1. The molecule has 0 atom stereocenters. The predicted molar refractivity (Wildman–Crippen MR) is 118 cm³/mol. The molecule has 0 unspecified atom stereocenters. The van der Waals surface area contributed by atoms with Crippen LogP contribution in [0.2, 0.25) is 0 Å². The van der Waals surface area contributed by atoms with E-state index >= 15 is 0 Å². The van der Waals surface area contributed by atoms with Crippen molar-refractivity contribution >= 4 is 42.5 Å². The fraction of sp³-hybridized carbons (Fsp3) is 0.333. The van der Waals surface area contributed by atoms with Crippen LogP contribution in [0.5, 0.6) is 5.75 Å². The smallest absolute Gasteiger partial charge is 0.243 e. The van der Waals surface area contributed by atoms with Crippen molar-refractivity contribution in [2.75, 3.05) is 31.6 Å². The highest BCUT2D eigenvalue weighted by molar-refractivity contribution is 7.89. The number of ether oxygens (including phenoxy) is 1. The SMILES string of the molecule is CCOc1ccc2nc(NCC(=O)c3cccc(S(=O)(=O)N4CCCC4)c3)sc2c1. The van der Waals surface area contributed by atoms with Gasteiger partial charge in [0.25, 0.3) is 0 Å². The second-order valence-electron chi connectivity index (χ2n) is 7.00. The van der Waals surface area contributed by atoms with Gasteiger partial charge in [0.05, 0.1) is 28.3 Å². The molecule has 1 N–H and O–H groups in total. The first-order valence-electron chi connectivity index (χ1n) is 9.88. The molecule has 2 aromatic carbocycles. The number of hydrogen-bond acceptors (Lipinski definition) is 7. The number of benzene rings is 2. The summed E-state index contributed by atoms with van der Waals surface area (Å²) in [5.74, 6) is 0.593. The van der Waals surface area contributed by atoms with Crippen molar-refractivity contribution in [3.8, 4) is 5.75 Å². The van der Waals surface area contributed by atoms with Crippen LogP contribution in [-0.4, -0.2) is 49.7 Å². The van der Waals surface area contributed by atoms with E-state index in [2.05, 4.69) is 10.3 Å². The van der Waals surface area contributed by atoms with Crippen molar-refractivity contribution in [2.24, 2.45) is 0 Å². The number of thiazole rings is 1. The fourth-order valence-electron chi connectivity index (χ4n) is 3.40. The summed E-state index contributed by atoms with van der Waals surface area (Å²) in [6.45, 7) is 3.62. The zero-order valence-corrected chi connectivity index (χ0v) is 18.3. The third-order valence-electron chi connectivity index (χ3n) is 4.93. The second-order valence-corrected chi connectivity index (χ2v) is 9.97. The number of Topliss-reactive ketones (excluding diaryl/α,β-unsaturated/α-hetero) is 1. The predicted octanol–water partition coefficient (Wildman–Crippen LogP) is 3.77. The van der Waals surface area contributed by atoms with E-state index < -0.39 is 10.0 Å². The summed E-state index contributed by atoms with van der Waals surface area (Å²) in [7, 11) is -3.55. The number of carbonyl (C=O) groups excluding carboxylic acids is 1. The normalized spacial score (nSPS) is 14.8. The molecule has 158 valence electrons. The molecule has 1 saturated heterocycles. The summed E-state index contributed by atoms with van der Waals surface area (Å²) in [5, 5.41) is 3.69. The Bertz CT molecular complexity index is 1170. The van der Waals surface area contributed by atoms with Gasteiger partial charge >= 0.3 is 0 Å². The van der Waals surface area contributed by atoms with Crippen molar-refractivity contribution in [1.82, 2.24) is 9.29 Å². The Balaban J connectivity index is 1.46. The number of sulfonamides is 1. The molecule has 0 radical (unpaired) electrons. The summed E-state index contributed by atoms with van der Waals surface area (Å²) in [6.07, 6.45) is 1.74. The van der Waals surface area contributed by atoms with Gasteiger partial charge in [-0.05, 0) is 50.1 Å². The highest BCUT2D eigenvalue weighted by Gasteiger charge is 2.27. The zero-order valence-electron chi connectivity index (χ0n) is 16.6. The largest absolute Gasteiger partial charge is 0.494 e. The number of anilines is 1. The van der Waals surface area contributed by atoms with Crippen LogP contribution in [-0.2, 0) is 10.0 Å². The Morgan fingerprint density at radius 1 is 1.20 bits per heavy atom. The molecule has 0 amide bonds. The highest BCUT2D eigenvalue weighted by Crippen LogP contribution is 2.29. The Hall–Kier alpha value is -2.49. The van der Waals surface area contributed by atoms with Gasteiger partial charge < -0.3 is 10.1 Å². The molecule has 1 aromatic heterocycles. The first-order valence-corrected chi connectivity index (χ1v) is 12.1. The number of aromatic nitrogens is 1. The molecule has 1 aliphatic heterocycles. The molecule has 0 saturated carbocycles. The van der Waals surface area contributed by atoms with Gasteiger partial charge in [-0.15, -0.1) is 0 Å². The highest BCUT2D eigenvalue weighted by atomic mass is 32.2. The van der Waals surface area contributed by atoms with E-state index in [4.69, 9.17) is 4.74 Å². The maximum Gasteiger partial charge on any atom is 0.243 e. The number of hydrogen-bond donors (Lipinski definition) is 1. The minimum Gasteiger partial charge on any atom is -0.494 e. The van der Waals surface area contributed by atoms with Gasteiger partial charge in [-0.2, -0.15) is 4.31 Å². The number of nitrogens with zero attached hydrogens (tertiary/aromatic N) is 2. The lowest BCUT2D eigenvalue weighted by atomic mass is 10.1. The average Bonchev–Trinajstić information content (AvgIpc) is 3.42. The summed E-state index contributed by atoms with van der Waals surface area (Å²) >= 11 is 1.44. The molecule has 7 nitrogen and oxygen atoms in total. The molecule has 30 heavy (non-hydrogen) atoms. The Morgan fingerprint density at radius 2 is 2.00 bits per heavy atom. The van der Waals surface area contributed by atoms with Crippen LogP contribution in [0.1, 0.15) is 30.1 Å². The van der Waals surface area contributed by atoms with Gasteiger partial charge in [-0.3, -0.25) is 4.79 Å². The maximum absolute atomic E-state index is 12.7. The topological polar surface area (TPSA) is 88.6 Å². The standard InChI is InChI=1S/C21H23N3O4S2/c1-2-28-16-8-9-18-20(13-16)29-21(23-18)22-14-19(25)15-6-5-7-17(12-15)30(26,27)24-10-3-4-11-24/h5-9,12-13H,2-4,10-11,14H2,1H3,(H,22,23). The van der Waals surface area contributed by atoms with Crippen molar-refractivity contribution in [2.45, 2.75) is 24.7 Å². The van der Waals surface area contributed by atoms with Crippen LogP contribution in [0.15, 0.2) is 47.4 Å². The second kappa shape index (κ2) is 8.71. The molecule has 1 fully saturated rings. The lowest BCUT2D eigenvalue weighted by Crippen LogP contribution is -2.28. The van der Waals surface area contributed by atoms with Crippen LogP contribution in [0, 0.1) is 0 Å². The lowest BCUT2D eigenvalue weighted by molar-refractivity contribution is 0.101. The molecule has 0 spiro atoms. The van der Waals surface area contributed by atoms with Crippen LogP contribution < -0.4 is 10.1 Å². The van der Waals surface area contributed by atoms with Crippen molar-refractivity contribution in [1.29, 1.82) is 0 Å². The molecular weight excluding hydrogens is 422 g/mol. The van der Waals surface area contributed by atoms with E-state index in [-0.39, 0.29) is 17.2 Å². The molecule has 4 rings (SSSR count). The van der Waals surface area contributed by atoms with E-state index in [1.807, 2.05) is 25.1 Å². The Labute approximate surface area is 179 Å². The summed E-state index contributed by atoms with van der Waals surface area (Å²) in [5.41, 5.74) is 1.19. The number of rotatable bonds is 8. The fourth-order valence-corrected chi connectivity index (χ4v) is 5.86. The Morgan fingerprint density at radius 3 is 2.77 bits per heavy atom. The van der Waals surface area contributed by atoms with E-state index in [1.54, 1.807) is 18.2 Å². The van der Waals surface area contributed by atoms with Crippen molar-refractivity contribution < 1.29 is 17.9 Å². The first-order chi connectivity index (χ1) is 14.5. The van der Waals surface area contributed by atoms with Gasteiger partial charge in [-0.1, -0.05) is 23.5 Å². The van der Waals surface area contributed by atoms with Gasteiger partial charge in [0, 0.05) is 18.7 Å².